The van der Waals surface area contributed by atoms with Crippen LogP contribution in [0.2, 0.25) is 5.02 Å². The fraction of sp³-hybridized carbons (Fsp3) is 0.524. The van der Waals surface area contributed by atoms with Gasteiger partial charge in [-0.25, -0.2) is 4.98 Å². The molecule has 0 spiro atoms. The van der Waals surface area contributed by atoms with Crippen LogP contribution < -0.4 is 10.6 Å². The Bertz CT molecular complexity index is 885. The number of aryl methyl sites for hydroxylation is 1. The molecule has 0 unspecified atom stereocenters. The van der Waals surface area contributed by atoms with Crippen molar-refractivity contribution >= 4 is 29.2 Å². The molecule has 2 atom stereocenters. The van der Waals surface area contributed by atoms with E-state index >= 15 is 0 Å². The zero-order valence-corrected chi connectivity index (χ0v) is 17.8. The van der Waals surface area contributed by atoms with Crippen LogP contribution in [-0.4, -0.2) is 44.8 Å². The van der Waals surface area contributed by atoms with Crippen molar-refractivity contribution in [2.24, 2.45) is 5.92 Å². The molecule has 0 aromatic carbocycles. The Morgan fingerprint density at radius 1 is 1.27 bits per heavy atom. The van der Waals surface area contributed by atoms with Crippen molar-refractivity contribution in [3.05, 3.63) is 29.2 Å². The van der Waals surface area contributed by atoms with E-state index < -0.39 is 0 Å². The predicted octanol–water partition coefficient (Wildman–Crippen LogP) is 3.07. The summed E-state index contributed by atoms with van der Waals surface area (Å²) in [6.07, 6.45) is 8.73. The zero-order chi connectivity index (χ0) is 21.5. The van der Waals surface area contributed by atoms with Gasteiger partial charge in [0.15, 0.2) is 0 Å². The molecule has 2 amide bonds. The Balaban J connectivity index is 1.70. The fourth-order valence-corrected chi connectivity index (χ4v) is 4.14. The number of aliphatic hydroxyl groups excluding tert-OH is 1. The first-order chi connectivity index (χ1) is 14.5. The smallest absolute Gasteiger partial charge is 0.228 e. The first kappa shape index (κ1) is 22.2. The molecule has 8 nitrogen and oxygen atoms in total. The summed E-state index contributed by atoms with van der Waals surface area (Å²) in [7, 11) is 0. The Kier molecular flexibility index (Phi) is 7.81. The van der Waals surface area contributed by atoms with Gasteiger partial charge in [0.05, 0.1) is 11.2 Å². The van der Waals surface area contributed by atoms with Gasteiger partial charge in [0.25, 0.3) is 0 Å². The number of carbonyl (C=O) groups is 2. The van der Waals surface area contributed by atoms with Gasteiger partial charge in [-0.2, -0.15) is 5.10 Å². The molecule has 0 bridgehead atoms. The second-order valence-electron chi connectivity index (χ2n) is 7.74. The van der Waals surface area contributed by atoms with Crippen molar-refractivity contribution in [3.63, 3.8) is 0 Å². The van der Waals surface area contributed by atoms with Crippen LogP contribution in [0.4, 0.5) is 5.82 Å². The van der Waals surface area contributed by atoms with E-state index in [0.717, 1.165) is 48.9 Å². The summed E-state index contributed by atoms with van der Waals surface area (Å²) in [6.45, 7) is 1.65. The molecule has 1 aliphatic carbocycles. The lowest BCUT2D eigenvalue weighted by atomic mass is 9.85. The Morgan fingerprint density at radius 2 is 2.10 bits per heavy atom. The van der Waals surface area contributed by atoms with E-state index in [1.165, 1.54) is 13.1 Å². The third-order valence-electron chi connectivity index (χ3n) is 5.40. The van der Waals surface area contributed by atoms with Crippen LogP contribution in [0, 0.1) is 5.92 Å². The van der Waals surface area contributed by atoms with Gasteiger partial charge in [-0.05, 0) is 44.6 Å². The Labute approximate surface area is 180 Å². The summed E-state index contributed by atoms with van der Waals surface area (Å²) < 4.78 is 0. The molecule has 9 heteroatoms. The quantitative estimate of drug-likeness (QED) is 0.477. The normalized spacial score (nSPS) is 18.8. The van der Waals surface area contributed by atoms with Crippen molar-refractivity contribution in [1.29, 1.82) is 0 Å². The van der Waals surface area contributed by atoms with Gasteiger partial charge in [-0.3, -0.25) is 14.7 Å². The van der Waals surface area contributed by atoms with Crippen LogP contribution in [0.25, 0.3) is 11.1 Å². The van der Waals surface area contributed by atoms with E-state index in [2.05, 4.69) is 25.8 Å². The third kappa shape index (κ3) is 5.79. The molecular weight excluding hydrogens is 406 g/mol. The minimum absolute atomic E-state index is 0.0353. The molecule has 162 valence electrons. The van der Waals surface area contributed by atoms with Gasteiger partial charge >= 0.3 is 0 Å². The van der Waals surface area contributed by atoms with E-state index in [1.54, 1.807) is 12.3 Å². The molecule has 1 fully saturated rings. The standard InChI is InChI=1S/C21H28ClN5O3/c1-13(29)25-15-6-4-5-14(9-15)21(30)26-20-10-16(18(22)12-23-20)17-11-24-27-19(17)7-2-3-8-28/h10-12,14-15,28H,2-9H2,1H3,(H,24,27)(H,25,29)(H,23,26,30)/t14-,15+/m0/s1. The number of H-pyrrole nitrogens is 1. The molecule has 2 aromatic heterocycles. The largest absolute Gasteiger partial charge is 0.396 e. The second kappa shape index (κ2) is 10.5. The average molecular weight is 434 g/mol. The maximum atomic E-state index is 12.8. The monoisotopic (exact) mass is 433 g/mol. The van der Waals surface area contributed by atoms with E-state index in [1.807, 2.05) is 0 Å². The summed E-state index contributed by atoms with van der Waals surface area (Å²) in [5.41, 5.74) is 2.54. The molecular formula is C21H28ClN5O3. The van der Waals surface area contributed by atoms with Gasteiger partial charge in [-0.15, -0.1) is 0 Å². The van der Waals surface area contributed by atoms with E-state index in [-0.39, 0.29) is 30.4 Å². The molecule has 2 aromatic rings. The van der Waals surface area contributed by atoms with Gasteiger partial charge in [0.1, 0.15) is 5.82 Å². The number of aromatic amines is 1. The van der Waals surface area contributed by atoms with Crippen molar-refractivity contribution in [3.8, 4) is 11.1 Å². The van der Waals surface area contributed by atoms with Crippen LogP contribution in [0.5, 0.6) is 0 Å². The lowest BCUT2D eigenvalue weighted by Crippen LogP contribution is -2.40. The highest BCUT2D eigenvalue weighted by molar-refractivity contribution is 6.33. The maximum absolute atomic E-state index is 12.8. The summed E-state index contributed by atoms with van der Waals surface area (Å²) in [6, 6.07) is 1.79. The number of hydrogen-bond donors (Lipinski definition) is 4. The highest BCUT2D eigenvalue weighted by atomic mass is 35.5. The number of pyridine rings is 1. The first-order valence-electron chi connectivity index (χ1n) is 10.3. The lowest BCUT2D eigenvalue weighted by molar-refractivity contribution is -0.123. The first-order valence-corrected chi connectivity index (χ1v) is 10.7. The zero-order valence-electron chi connectivity index (χ0n) is 17.1. The number of rotatable bonds is 8. The van der Waals surface area contributed by atoms with Gasteiger partial charge in [-0.1, -0.05) is 18.0 Å². The number of aliphatic hydroxyl groups is 1. The van der Waals surface area contributed by atoms with Crippen LogP contribution in [0.3, 0.4) is 0 Å². The number of nitrogens with zero attached hydrogens (tertiary/aromatic N) is 2. The van der Waals surface area contributed by atoms with Crippen molar-refractivity contribution < 1.29 is 14.7 Å². The summed E-state index contributed by atoms with van der Waals surface area (Å²) in [5, 5.41) is 22.4. The molecule has 4 N–H and O–H groups in total. The molecule has 3 rings (SSSR count). The Morgan fingerprint density at radius 3 is 2.87 bits per heavy atom. The van der Waals surface area contributed by atoms with Crippen molar-refractivity contribution in [2.75, 3.05) is 11.9 Å². The highest BCUT2D eigenvalue weighted by Crippen LogP contribution is 2.32. The van der Waals surface area contributed by atoms with Gasteiger partial charge in [0, 0.05) is 48.5 Å². The van der Waals surface area contributed by atoms with Crippen molar-refractivity contribution in [2.45, 2.75) is 57.9 Å². The maximum Gasteiger partial charge on any atom is 0.228 e. The molecule has 0 saturated heterocycles. The number of nitrogens with one attached hydrogen (secondary N) is 3. The van der Waals surface area contributed by atoms with Gasteiger partial charge < -0.3 is 15.7 Å². The van der Waals surface area contributed by atoms with Gasteiger partial charge in [0.2, 0.25) is 11.8 Å². The van der Waals surface area contributed by atoms with E-state index in [0.29, 0.717) is 23.7 Å². The fourth-order valence-electron chi connectivity index (χ4n) is 3.94. The van der Waals surface area contributed by atoms with Crippen molar-refractivity contribution in [1.82, 2.24) is 20.5 Å². The molecule has 0 radical (unpaired) electrons. The number of halogens is 1. The van der Waals surface area contributed by atoms with Crippen LogP contribution >= 0.6 is 11.6 Å². The molecule has 2 heterocycles. The summed E-state index contributed by atoms with van der Waals surface area (Å²) >= 11 is 6.38. The molecule has 30 heavy (non-hydrogen) atoms. The number of unbranched alkanes of at least 4 members (excludes halogenated alkanes) is 1. The number of hydrogen-bond acceptors (Lipinski definition) is 5. The Hall–Kier alpha value is -2.45. The number of amides is 2. The topological polar surface area (TPSA) is 120 Å². The van der Waals surface area contributed by atoms with Crippen LogP contribution in [0.15, 0.2) is 18.5 Å². The van der Waals surface area contributed by atoms with Crippen LogP contribution in [0.1, 0.15) is 51.1 Å². The summed E-state index contributed by atoms with van der Waals surface area (Å²) in [5.74, 6) is 0.101. The van der Waals surface area contributed by atoms with Crippen LogP contribution in [-0.2, 0) is 16.0 Å². The minimum atomic E-state index is -0.167. The average Bonchev–Trinajstić information content (AvgIpc) is 3.17. The minimum Gasteiger partial charge on any atom is -0.396 e. The number of aromatic nitrogens is 3. The number of anilines is 1. The van der Waals surface area contributed by atoms with E-state index in [9.17, 15) is 9.59 Å². The number of carbonyl (C=O) groups excluding carboxylic acids is 2. The lowest BCUT2D eigenvalue weighted by Gasteiger charge is -2.28. The van der Waals surface area contributed by atoms with E-state index in [4.69, 9.17) is 16.7 Å². The summed E-state index contributed by atoms with van der Waals surface area (Å²) in [4.78, 5) is 28.4. The third-order valence-corrected chi connectivity index (χ3v) is 5.70. The molecule has 1 saturated carbocycles. The predicted molar refractivity (Wildman–Crippen MR) is 115 cm³/mol. The molecule has 1 aliphatic rings. The SMILES string of the molecule is CC(=O)N[C@@H]1CCC[C@H](C(=O)Nc2cc(-c3cn[nH]c3CCCCO)c(Cl)cn2)C1. The second-order valence-corrected chi connectivity index (χ2v) is 8.15. The highest BCUT2D eigenvalue weighted by Gasteiger charge is 2.28. The molecule has 0 aliphatic heterocycles.